The van der Waals surface area contributed by atoms with Crippen molar-refractivity contribution < 1.29 is 9.47 Å². The van der Waals surface area contributed by atoms with Crippen molar-refractivity contribution in [2.75, 3.05) is 33.9 Å². The Hall–Kier alpha value is -1.26. The third-order valence-electron chi connectivity index (χ3n) is 3.63. The first-order valence-corrected chi connectivity index (χ1v) is 7.59. The summed E-state index contributed by atoms with van der Waals surface area (Å²) in [6.07, 6.45) is 1.12. The Labute approximate surface area is 129 Å². The molecule has 1 rings (SSSR count). The maximum Gasteiger partial charge on any atom is 0.127 e. The van der Waals surface area contributed by atoms with E-state index in [-0.39, 0.29) is 5.41 Å². The SMILES string of the molecule is CCCN(Cc1ccc(OC)cc1OC)CC(C)(C)CN. The molecule has 0 saturated heterocycles. The normalized spacial score (nSPS) is 11.8. The lowest BCUT2D eigenvalue weighted by Crippen LogP contribution is -2.38. The molecule has 1 aromatic rings. The summed E-state index contributed by atoms with van der Waals surface area (Å²) in [5, 5.41) is 0. The summed E-state index contributed by atoms with van der Waals surface area (Å²) >= 11 is 0. The molecule has 0 radical (unpaired) electrons. The molecule has 0 unspecified atom stereocenters. The van der Waals surface area contributed by atoms with Gasteiger partial charge < -0.3 is 15.2 Å². The molecular weight excluding hydrogens is 264 g/mol. The zero-order valence-corrected chi connectivity index (χ0v) is 14.1. The predicted octanol–water partition coefficient (Wildman–Crippen LogP) is 2.90. The summed E-state index contributed by atoms with van der Waals surface area (Å²) in [5.41, 5.74) is 7.17. The molecule has 0 aromatic heterocycles. The lowest BCUT2D eigenvalue weighted by atomic mass is 9.92. The molecular formula is C17H30N2O2. The van der Waals surface area contributed by atoms with Gasteiger partial charge in [0.05, 0.1) is 14.2 Å². The number of ether oxygens (including phenoxy) is 2. The van der Waals surface area contributed by atoms with Crippen LogP contribution in [0.2, 0.25) is 0 Å². The number of hydrogen-bond acceptors (Lipinski definition) is 4. The van der Waals surface area contributed by atoms with Gasteiger partial charge in [-0.15, -0.1) is 0 Å². The van der Waals surface area contributed by atoms with Gasteiger partial charge in [0.2, 0.25) is 0 Å². The van der Waals surface area contributed by atoms with E-state index in [1.54, 1.807) is 14.2 Å². The van der Waals surface area contributed by atoms with E-state index in [4.69, 9.17) is 15.2 Å². The van der Waals surface area contributed by atoms with E-state index in [0.29, 0.717) is 6.54 Å². The Kier molecular flexibility index (Phi) is 6.99. The molecule has 0 heterocycles. The van der Waals surface area contributed by atoms with Crippen LogP contribution >= 0.6 is 0 Å². The molecule has 2 N–H and O–H groups in total. The molecule has 0 amide bonds. The minimum absolute atomic E-state index is 0.120. The van der Waals surface area contributed by atoms with E-state index in [9.17, 15) is 0 Å². The van der Waals surface area contributed by atoms with E-state index >= 15 is 0 Å². The fourth-order valence-corrected chi connectivity index (χ4v) is 2.42. The summed E-state index contributed by atoms with van der Waals surface area (Å²) in [5.74, 6) is 1.70. The fraction of sp³-hybridized carbons (Fsp3) is 0.647. The quantitative estimate of drug-likeness (QED) is 0.761. The summed E-state index contributed by atoms with van der Waals surface area (Å²) in [7, 11) is 3.37. The van der Waals surface area contributed by atoms with Crippen LogP contribution in [0, 0.1) is 5.41 Å². The molecule has 0 spiro atoms. The Morgan fingerprint density at radius 1 is 1.19 bits per heavy atom. The van der Waals surface area contributed by atoms with Gasteiger partial charge in [0.25, 0.3) is 0 Å². The fourth-order valence-electron chi connectivity index (χ4n) is 2.42. The van der Waals surface area contributed by atoms with Gasteiger partial charge in [0.15, 0.2) is 0 Å². The largest absolute Gasteiger partial charge is 0.497 e. The van der Waals surface area contributed by atoms with Gasteiger partial charge in [-0.25, -0.2) is 0 Å². The predicted molar refractivity (Wildman–Crippen MR) is 87.9 cm³/mol. The molecule has 0 aliphatic heterocycles. The first-order valence-electron chi connectivity index (χ1n) is 7.59. The first-order chi connectivity index (χ1) is 9.95. The third kappa shape index (κ3) is 5.56. The Morgan fingerprint density at radius 2 is 1.90 bits per heavy atom. The Balaban J connectivity index is 2.88. The number of methoxy groups -OCH3 is 2. The van der Waals surface area contributed by atoms with Gasteiger partial charge in [-0.1, -0.05) is 26.8 Å². The minimum atomic E-state index is 0.120. The van der Waals surface area contributed by atoms with Crippen LogP contribution in [0.25, 0.3) is 0 Å². The summed E-state index contributed by atoms with van der Waals surface area (Å²) in [4.78, 5) is 2.44. The molecule has 1 aromatic carbocycles. The van der Waals surface area contributed by atoms with Crippen LogP contribution in [0.15, 0.2) is 18.2 Å². The van der Waals surface area contributed by atoms with Gasteiger partial charge in [-0.3, -0.25) is 4.90 Å². The van der Waals surface area contributed by atoms with Crippen LogP contribution in [0.5, 0.6) is 11.5 Å². The van der Waals surface area contributed by atoms with Gasteiger partial charge in [-0.05, 0) is 31.0 Å². The molecule has 0 aliphatic rings. The molecule has 21 heavy (non-hydrogen) atoms. The number of benzene rings is 1. The highest BCUT2D eigenvalue weighted by Gasteiger charge is 2.20. The summed E-state index contributed by atoms with van der Waals surface area (Å²) < 4.78 is 10.7. The third-order valence-corrected chi connectivity index (χ3v) is 3.63. The number of hydrogen-bond donors (Lipinski definition) is 1. The van der Waals surface area contributed by atoms with Crippen molar-refractivity contribution >= 4 is 0 Å². The lowest BCUT2D eigenvalue weighted by Gasteiger charge is -2.32. The van der Waals surface area contributed by atoms with Crippen molar-refractivity contribution in [3.63, 3.8) is 0 Å². The average Bonchev–Trinajstić information content (AvgIpc) is 2.47. The smallest absolute Gasteiger partial charge is 0.127 e. The van der Waals surface area contributed by atoms with Crippen molar-refractivity contribution in [1.82, 2.24) is 4.90 Å². The summed E-state index contributed by atoms with van der Waals surface area (Å²) in [6.45, 7) is 10.2. The van der Waals surface area contributed by atoms with Gasteiger partial charge in [-0.2, -0.15) is 0 Å². The van der Waals surface area contributed by atoms with Crippen molar-refractivity contribution in [1.29, 1.82) is 0 Å². The van der Waals surface area contributed by atoms with Gasteiger partial charge in [0.1, 0.15) is 11.5 Å². The van der Waals surface area contributed by atoms with Crippen LogP contribution in [-0.2, 0) is 6.54 Å². The molecule has 0 bridgehead atoms. The molecule has 0 fully saturated rings. The summed E-state index contributed by atoms with van der Waals surface area (Å²) in [6, 6.07) is 6.00. The molecule has 120 valence electrons. The minimum Gasteiger partial charge on any atom is -0.497 e. The second-order valence-electron chi connectivity index (χ2n) is 6.26. The number of nitrogens with zero attached hydrogens (tertiary/aromatic N) is 1. The average molecular weight is 294 g/mol. The molecule has 0 saturated carbocycles. The maximum atomic E-state index is 5.87. The molecule has 0 atom stereocenters. The van der Waals surface area contributed by atoms with Gasteiger partial charge >= 0.3 is 0 Å². The highest BCUT2D eigenvalue weighted by molar-refractivity contribution is 5.40. The van der Waals surface area contributed by atoms with E-state index in [2.05, 4.69) is 31.7 Å². The Bertz CT molecular complexity index is 433. The zero-order valence-electron chi connectivity index (χ0n) is 14.1. The number of rotatable bonds is 9. The van der Waals surface area contributed by atoms with Crippen LogP contribution in [0.1, 0.15) is 32.8 Å². The zero-order chi connectivity index (χ0) is 15.9. The highest BCUT2D eigenvalue weighted by atomic mass is 16.5. The second kappa shape index (κ2) is 8.25. The van der Waals surface area contributed by atoms with Crippen LogP contribution < -0.4 is 15.2 Å². The van der Waals surface area contributed by atoms with Crippen LogP contribution in [0.4, 0.5) is 0 Å². The standard InChI is InChI=1S/C17H30N2O2/c1-6-9-19(13-17(2,3)12-18)11-14-7-8-15(20-4)10-16(14)21-5/h7-8,10H,6,9,11-13,18H2,1-5H3. The van der Waals surface area contributed by atoms with E-state index in [0.717, 1.165) is 37.6 Å². The highest BCUT2D eigenvalue weighted by Crippen LogP contribution is 2.27. The van der Waals surface area contributed by atoms with E-state index in [1.807, 2.05) is 12.1 Å². The lowest BCUT2D eigenvalue weighted by molar-refractivity contribution is 0.174. The monoisotopic (exact) mass is 294 g/mol. The van der Waals surface area contributed by atoms with Crippen LogP contribution in [0.3, 0.4) is 0 Å². The van der Waals surface area contributed by atoms with E-state index in [1.165, 1.54) is 5.56 Å². The second-order valence-corrected chi connectivity index (χ2v) is 6.26. The van der Waals surface area contributed by atoms with Crippen molar-refractivity contribution in [3.05, 3.63) is 23.8 Å². The van der Waals surface area contributed by atoms with Crippen molar-refractivity contribution in [3.8, 4) is 11.5 Å². The molecule has 0 aliphatic carbocycles. The van der Waals surface area contributed by atoms with Crippen LogP contribution in [-0.4, -0.2) is 38.8 Å². The van der Waals surface area contributed by atoms with E-state index < -0.39 is 0 Å². The van der Waals surface area contributed by atoms with Crippen molar-refractivity contribution in [2.24, 2.45) is 11.1 Å². The Morgan fingerprint density at radius 3 is 2.43 bits per heavy atom. The van der Waals surface area contributed by atoms with Gasteiger partial charge in [0, 0.05) is 24.7 Å². The maximum absolute atomic E-state index is 5.87. The molecule has 4 heteroatoms. The first kappa shape index (κ1) is 17.8. The topological polar surface area (TPSA) is 47.7 Å². The van der Waals surface area contributed by atoms with Crippen molar-refractivity contribution in [2.45, 2.75) is 33.7 Å². The molecule has 4 nitrogen and oxygen atoms in total. The number of nitrogens with two attached hydrogens (primary N) is 1.